The van der Waals surface area contributed by atoms with Gasteiger partial charge in [-0.05, 0) is 50.6 Å². The molecule has 0 unspecified atom stereocenters. The minimum absolute atomic E-state index is 0.0184. The van der Waals surface area contributed by atoms with Crippen LogP contribution in [0.4, 0.5) is 15.8 Å². The zero-order valence-corrected chi connectivity index (χ0v) is 12.2. The van der Waals surface area contributed by atoms with Crippen molar-refractivity contribution < 1.29 is 13.9 Å². The first-order chi connectivity index (χ1) is 9.81. The summed E-state index contributed by atoms with van der Waals surface area (Å²) in [6.45, 7) is 4.92. The Morgan fingerprint density at radius 1 is 1.10 bits per heavy atom. The van der Waals surface area contributed by atoms with Gasteiger partial charge in [-0.1, -0.05) is 0 Å². The van der Waals surface area contributed by atoms with E-state index in [0.717, 1.165) is 5.56 Å². The van der Waals surface area contributed by atoms with E-state index in [1.807, 2.05) is 0 Å². The number of benzene rings is 2. The summed E-state index contributed by atoms with van der Waals surface area (Å²) in [7, 11) is 0. The van der Waals surface area contributed by atoms with Crippen LogP contribution < -0.4 is 16.2 Å². The number of carbonyl (C=O) groups excluding carboxylic acids is 1. The van der Waals surface area contributed by atoms with Gasteiger partial charge in [0.15, 0.2) is 17.3 Å². The number of nitrogens with two attached hydrogens (primary N) is 2. The molecule has 110 valence electrons. The molecule has 0 aromatic heterocycles. The van der Waals surface area contributed by atoms with Gasteiger partial charge in [-0.15, -0.1) is 0 Å². The summed E-state index contributed by atoms with van der Waals surface area (Å²) < 4.78 is 19.6. The van der Waals surface area contributed by atoms with E-state index in [2.05, 4.69) is 0 Å². The predicted octanol–water partition coefficient (Wildman–Crippen LogP) is 3.60. The molecule has 2 aromatic rings. The second kappa shape index (κ2) is 5.44. The molecule has 0 saturated heterocycles. The molecule has 21 heavy (non-hydrogen) atoms. The number of Topliss-reactive ketones (excluding diaryl/α,β-unsaturated/α-hetero) is 1. The van der Waals surface area contributed by atoms with Gasteiger partial charge < -0.3 is 16.2 Å². The lowest BCUT2D eigenvalue weighted by molar-refractivity contribution is 0.101. The molecular weight excluding hydrogens is 271 g/mol. The fraction of sp³-hybridized carbons (Fsp3) is 0.188. The van der Waals surface area contributed by atoms with Crippen LogP contribution >= 0.6 is 0 Å². The van der Waals surface area contributed by atoms with Crippen LogP contribution in [0.2, 0.25) is 0 Å². The molecule has 4 N–H and O–H groups in total. The van der Waals surface area contributed by atoms with Gasteiger partial charge in [0.05, 0.1) is 5.69 Å². The number of halogens is 1. The molecule has 0 aliphatic carbocycles. The van der Waals surface area contributed by atoms with Crippen molar-refractivity contribution in [2.45, 2.75) is 20.8 Å². The second-order valence-corrected chi connectivity index (χ2v) is 4.98. The summed E-state index contributed by atoms with van der Waals surface area (Å²) in [5, 5.41) is 0. The van der Waals surface area contributed by atoms with Crippen LogP contribution in [0, 0.1) is 19.7 Å². The van der Waals surface area contributed by atoms with Gasteiger partial charge in [-0.25, -0.2) is 4.39 Å². The van der Waals surface area contributed by atoms with Crippen LogP contribution in [0.1, 0.15) is 28.4 Å². The Morgan fingerprint density at radius 2 is 1.76 bits per heavy atom. The van der Waals surface area contributed by atoms with Crippen molar-refractivity contribution in [2.75, 3.05) is 11.5 Å². The maximum absolute atomic E-state index is 14.0. The first kappa shape index (κ1) is 14.8. The molecule has 0 heterocycles. The summed E-state index contributed by atoms with van der Waals surface area (Å²) >= 11 is 0. The molecule has 0 bridgehead atoms. The van der Waals surface area contributed by atoms with Crippen LogP contribution in [0.3, 0.4) is 0 Å². The Labute approximate surface area is 122 Å². The van der Waals surface area contributed by atoms with Crippen LogP contribution in [0.25, 0.3) is 0 Å². The third kappa shape index (κ3) is 2.81. The Balaban J connectivity index is 2.51. The zero-order valence-electron chi connectivity index (χ0n) is 12.2. The minimum atomic E-state index is -0.624. The standard InChI is InChI=1S/C16H17FN2O2/c1-8-6-12(19)16(17)14(7-8)21-13-5-4-11(18)15(9(13)2)10(3)20/h4-7H,18-19H2,1-3H3. The first-order valence-corrected chi connectivity index (χ1v) is 6.44. The van der Waals surface area contributed by atoms with Crippen molar-refractivity contribution >= 4 is 17.2 Å². The third-order valence-corrected chi connectivity index (χ3v) is 3.23. The summed E-state index contributed by atoms with van der Waals surface area (Å²) in [4.78, 5) is 11.6. The van der Waals surface area contributed by atoms with Gasteiger partial charge in [0.2, 0.25) is 0 Å². The van der Waals surface area contributed by atoms with E-state index in [1.54, 1.807) is 32.0 Å². The van der Waals surface area contributed by atoms with Crippen LogP contribution in [0.15, 0.2) is 24.3 Å². The van der Waals surface area contributed by atoms with Crippen LogP contribution in [-0.2, 0) is 0 Å². The van der Waals surface area contributed by atoms with Crippen molar-refractivity contribution in [3.63, 3.8) is 0 Å². The summed E-state index contributed by atoms with van der Waals surface area (Å²) in [5.74, 6) is -0.394. The van der Waals surface area contributed by atoms with E-state index in [9.17, 15) is 9.18 Å². The highest BCUT2D eigenvalue weighted by molar-refractivity contribution is 6.01. The fourth-order valence-electron chi connectivity index (χ4n) is 2.25. The van der Waals surface area contributed by atoms with Gasteiger partial charge in [0, 0.05) is 16.8 Å². The third-order valence-electron chi connectivity index (χ3n) is 3.23. The van der Waals surface area contributed by atoms with Gasteiger partial charge >= 0.3 is 0 Å². The molecule has 0 saturated carbocycles. The molecule has 0 fully saturated rings. The minimum Gasteiger partial charge on any atom is -0.454 e. The number of anilines is 2. The quantitative estimate of drug-likeness (QED) is 0.668. The maximum Gasteiger partial charge on any atom is 0.188 e. The molecule has 0 amide bonds. The smallest absolute Gasteiger partial charge is 0.188 e. The van der Waals surface area contributed by atoms with E-state index < -0.39 is 5.82 Å². The molecule has 0 aliphatic rings. The van der Waals surface area contributed by atoms with E-state index in [-0.39, 0.29) is 17.2 Å². The van der Waals surface area contributed by atoms with Crippen LogP contribution in [-0.4, -0.2) is 5.78 Å². The predicted molar refractivity (Wildman–Crippen MR) is 81.2 cm³/mol. The summed E-state index contributed by atoms with van der Waals surface area (Å²) in [5.41, 5.74) is 13.5. The van der Waals surface area contributed by atoms with Gasteiger partial charge in [0.1, 0.15) is 5.75 Å². The van der Waals surface area contributed by atoms with Crippen molar-refractivity contribution in [3.05, 3.63) is 46.8 Å². The van der Waals surface area contributed by atoms with E-state index >= 15 is 0 Å². The van der Waals surface area contributed by atoms with Crippen molar-refractivity contribution in [3.8, 4) is 11.5 Å². The van der Waals surface area contributed by atoms with Crippen molar-refractivity contribution in [1.29, 1.82) is 0 Å². The number of hydrogen-bond acceptors (Lipinski definition) is 4. The van der Waals surface area contributed by atoms with Gasteiger partial charge in [-0.3, -0.25) is 4.79 Å². The Morgan fingerprint density at radius 3 is 2.38 bits per heavy atom. The highest BCUT2D eigenvalue weighted by Gasteiger charge is 2.16. The first-order valence-electron chi connectivity index (χ1n) is 6.44. The molecule has 5 heteroatoms. The highest BCUT2D eigenvalue weighted by atomic mass is 19.1. The van der Waals surface area contributed by atoms with Gasteiger partial charge in [0.25, 0.3) is 0 Å². The second-order valence-electron chi connectivity index (χ2n) is 4.98. The number of rotatable bonds is 3. The molecule has 4 nitrogen and oxygen atoms in total. The molecule has 0 aliphatic heterocycles. The molecular formula is C16H17FN2O2. The van der Waals surface area contributed by atoms with Gasteiger partial charge in [-0.2, -0.15) is 0 Å². The molecule has 0 radical (unpaired) electrons. The number of ether oxygens (including phenoxy) is 1. The van der Waals surface area contributed by atoms with Crippen LogP contribution in [0.5, 0.6) is 11.5 Å². The number of ketones is 1. The topological polar surface area (TPSA) is 78.3 Å². The zero-order chi connectivity index (χ0) is 15.7. The molecule has 0 spiro atoms. The number of nitrogen functional groups attached to an aromatic ring is 2. The van der Waals surface area contributed by atoms with E-state index in [4.69, 9.17) is 16.2 Å². The number of aryl methyl sites for hydroxylation is 1. The van der Waals surface area contributed by atoms with E-state index in [1.165, 1.54) is 13.0 Å². The normalized spacial score (nSPS) is 10.5. The Hall–Kier alpha value is -2.56. The molecule has 0 atom stereocenters. The summed E-state index contributed by atoms with van der Waals surface area (Å²) in [6.07, 6.45) is 0. The number of hydrogen-bond donors (Lipinski definition) is 2. The fourth-order valence-corrected chi connectivity index (χ4v) is 2.25. The Bertz CT molecular complexity index is 727. The Kier molecular flexibility index (Phi) is 3.84. The lowest BCUT2D eigenvalue weighted by atomic mass is 10.0. The average Bonchev–Trinajstić information content (AvgIpc) is 2.38. The molecule has 2 aromatic carbocycles. The largest absolute Gasteiger partial charge is 0.454 e. The molecule has 2 rings (SSSR count). The van der Waals surface area contributed by atoms with E-state index in [0.29, 0.717) is 22.6 Å². The SMILES string of the molecule is CC(=O)c1c(N)ccc(Oc2cc(C)cc(N)c2F)c1C. The average molecular weight is 288 g/mol. The van der Waals surface area contributed by atoms with Crippen molar-refractivity contribution in [1.82, 2.24) is 0 Å². The highest BCUT2D eigenvalue weighted by Crippen LogP contribution is 2.33. The van der Waals surface area contributed by atoms with Crippen molar-refractivity contribution in [2.24, 2.45) is 0 Å². The monoisotopic (exact) mass is 288 g/mol. The lowest BCUT2D eigenvalue weighted by Gasteiger charge is -2.14. The summed E-state index contributed by atoms with van der Waals surface area (Å²) in [6, 6.07) is 6.25. The number of carbonyl (C=O) groups is 1. The maximum atomic E-state index is 14.0. The lowest BCUT2D eigenvalue weighted by Crippen LogP contribution is -2.04.